The van der Waals surface area contributed by atoms with E-state index in [1.807, 2.05) is 0 Å². The molecule has 0 rings (SSSR count). The number of likely N-dealkylation sites (N-methyl/N-ethyl adjacent to an activating group) is 2. The molecular formula is C10H21ClN2O3S. The van der Waals surface area contributed by atoms with E-state index in [0.29, 0.717) is 31.8 Å². The summed E-state index contributed by atoms with van der Waals surface area (Å²) in [6, 6.07) is 0. The van der Waals surface area contributed by atoms with Crippen LogP contribution >= 0.6 is 11.6 Å². The largest absolute Gasteiger partial charge is 0.355 e. The molecule has 5 nitrogen and oxygen atoms in total. The fraction of sp³-hybridized carbons (Fsp3) is 0.900. The molecule has 0 aromatic carbocycles. The van der Waals surface area contributed by atoms with Gasteiger partial charge < -0.3 is 5.32 Å². The van der Waals surface area contributed by atoms with Crippen molar-refractivity contribution in [3.63, 3.8) is 0 Å². The number of alkyl halides is 1. The minimum atomic E-state index is -3.34. The van der Waals surface area contributed by atoms with E-state index in [1.54, 1.807) is 13.8 Å². The van der Waals surface area contributed by atoms with Gasteiger partial charge in [0.15, 0.2) is 0 Å². The molecule has 0 spiro atoms. The first-order valence-electron chi connectivity index (χ1n) is 5.78. The monoisotopic (exact) mass is 284 g/mol. The Morgan fingerprint density at radius 1 is 1.29 bits per heavy atom. The minimum absolute atomic E-state index is 0.0486. The Kier molecular flexibility index (Phi) is 8.55. The molecule has 0 fully saturated rings. The van der Waals surface area contributed by atoms with Gasteiger partial charge >= 0.3 is 0 Å². The Labute approximate surface area is 109 Å². The number of unbranched alkanes of at least 4 members (excludes halogenated alkanes) is 1. The molecule has 0 aromatic rings. The lowest BCUT2D eigenvalue weighted by Crippen LogP contribution is -2.41. The van der Waals surface area contributed by atoms with Gasteiger partial charge in [0.1, 0.15) is 0 Å². The Bertz CT molecular complexity index is 320. The van der Waals surface area contributed by atoms with E-state index in [1.165, 1.54) is 4.31 Å². The summed E-state index contributed by atoms with van der Waals surface area (Å²) >= 11 is 5.50. The number of carbonyl (C=O) groups is 1. The zero-order valence-electron chi connectivity index (χ0n) is 10.4. The summed E-state index contributed by atoms with van der Waals surface area (Å²) in [7, 11) is -3.34. The lowest BCUT2D eigenvalue weighted by Gasteiger charge is -2.19. The maximum absolute atomic E-state index is 11.9. The smallest absolute Gasteiger partial charge is 0.235 e. The second kappa shape index (κ2) is 8.72. The molecule has 1 amide bonds. The topological polar surface area (TPSA) is 66.5 Å². The Morgan fingerprint density at radius 2 is 1.94 bits per heavy atom. The van der Waals surface area contributed by atoms with Gasteiger partial charge in [0.05, 0.1) is 12.3 Å². The Hall–Kier alpha value is -0.330. The van der Waals surface area contributed by atoms with E-state index in [2.05, 4.69) is 5.32 Å². The molecule has 0 saturated carbocycles. The van der Waals surface area contributed by atoms with Crippen LogP contribution in [-0.4, -0.2) is 49.9 Å². The highest BCUT2D eigenvalue weighted by Gasteiger charge is 2.22. The highest BCUT2D eigenvalue weighted by Crippen LogP contribution is 2.05. The van der Waals surface area contributed by atoms with Crippen LogP contribution in [0.25, 0.3) is 0 Å². The van der Waals surface area contributed by atoms with Gasteiger partial charge in [-0.05, 0) is 19.8 Å². The van der Waals surface area contributed by atoms with E-state index in [0.717, 1.165) is 0 Å². The van der Waals surface area contributed by atoms with Gasteiger partial charge in [0.2, 0.25) is 15.9 Å². The van der Waals surface area contributed by atoms with Gasteiger partial charge in [-0.2, -0.15) is 4.31 Å². The molecule has 0 heterocycles. The lowest BCUT2D eigenvalue weighted by molar-refractivity contribution is -0.121. The third-order valence-electron chi connectivity index (χ3n) is 2.23. The van der Waals surface area contributed by atoms with Crippen molar-refractivity contribution in [2.24, 2.45) is 0 Å². The maximum Gasteiger partial charge on any atom is 0.235 e. The number of amides is 1. The highest BCUT2D eigenvalue weighted by molar-refractivity contribution is 7.89. The zero-order valence-corrected chi connectivity index (χ0v) is 12.0. The van der Waals surface area contributed by atoms with Crippen molar-refractivity contribution < 1.29 is 13.2 Å². The molecule has 0 aromatic heterocycles. The van der Waals surface area contributed by atoms with E-state index in [9.17, 15) is 13.2 Å². The summed E-state index contributed by atoms with van der Waals surface area (Å²) in [6.07, 6.45) is 1.19. The summed E-state index contributed by atoms with van der Waals surface area (Å²) in [4.78, 5) is 11.4. The lowest BCUT2D eigenvalue weighted by atomic mass is 10.4. The quantitative estimate of drug-likeness (QED) is 0.503. The fourth-order valence-electron chi connectivity index (χ4n) is 1.33. The molecule has 0 radical (unpaired) electrons. The number of nitrogens with one attached hydrogen (secondary N) is 1. The van der Waals surface area contributed by atoms with Crippen LogP contribution in [0.3, 0.4) is 0 Å². The third-order valence-corrected chi connectivity index (χ3v) is 4.47. The van der Waals surface area contributed by atoms with Crippen molar-refractivity contribution in [3.8, 4) is 0 Å². The number of nitrogens with zero attached hydrogens (tertiary/aromatic N) is 1. The molecule has 0 atom stereocenters. The van der Waals surface area contributed by atoms with E-state index in [-0.39, 0.29) is 18.2 Å². The van der Waals surface area contributed by atoms with Crippen LogP contribution in [0.2, 0.25) is 0 Å². The van der Waals surface area contributed by atoms with Crippen LogP contribution in [0, 0.1) is 0 Å². The van der Waals surface area contributed by atoms with Crippen LogP contribution in [-0.2, 0) is 14.8 Å². The van der Waals surface area contributed by atoms with E-state index < -0.39 is 10.0 Å². The molecule has 17 heavy (non-hydrogen) atoms. The fourth-order valence-corrected chi connectivity index (χ4v) is 3.05. The van der Waals surface area contributed by atoms with Gasteiger partial charge in [-0.15, -0.1) is 11.6 Å². The third kappa shape index (κ3) is 6.85. The molecule has 0 bridgehead atoms. The minimum Gasteiger partial charge on any atom is -0.355 e. The van der Waals surface area contributed by atoms with Gasteiger partial charge in [0.25, 0.3) is 0 Å². The number of carbonyl (C=O) groups excluding carboxylic acids is 1. The Morgan fingerprint density at radius 3 is 2.41 bits per heavy atom. The van der Waals surface area contributed by atoms with Crippen molar-refractivity contribution in [1.29, 1.82) is 0 Å². The van der Waals surface area contributed by atoms with E-state index >= 15 is 0 Å². The number of rotatable bonds is 9. The number of hydrogen-bond donors (Lipinski definition) is 1. The number of halogens is 1. The molecule has 102 valence electrons. The van der Waals surface area contributed by atoms with Crippen molar-refractivity contribution in [3.05, 3.63) is 0 Å². The summed E-state index contributed by atoms with van der Waals surface area (Å²) in [5.74, 6) is 0.237. The maximum atomic E-state index is 11.9. The first-order valence-corrected chi connectivity index (χ1v) is 7.92. The SMILES string of the molecule is CCNC(=O)CN(CC)S(=O)(=O)CCCCCl. The second-order valence-electron chi connectivity index (χ2n) is 3.59. The highest BCUT2D eigenvalue weighted by atomic mass is 35.5. The van der Waals surface area contributed by atoms with E-state index in [4.69, 9.17) is 11.6 Å². The van der Waals surface area contributed by atoms with Crippen molar-refractivity contribution in [1.82, 2.24) is 9.62 Å². The first-order chi connectivity index (χ1) is 7.97. The molecule has 0 aliphatic carbocycles. The van der Waals surface area contributed by atoms with Crippen molar-refractivity contribution >= 4 is 27.5 Å². The first kappa shape index (κ1) is 16.7. The number of sulfonamides is 1. The van der Waals surface area contributed by atoms with Gasteiger partial charge in [-0.25, -0.2) is 8.42 Å². The average Bonchev–Trinajstić information content (AvgIpc) is 2.26. The van der Waals surface area contributed by atoms with Gasteiger partial charge in [-0.3, -0.25) is 4.79 Å². The van der Waals surface area contributed by atoms with Crippen LogP contribution in [0.5, 0.6) is 0 Å². The van der Waals surface area contributed by atoms with Crippen molar-refractivity contribution in [2.45, 2.75) is 26.7 Å². The summed E-state index contributed by atoms with van der Waals surface area (Å²) in [5.41, 5.74) is 0. The van der Waals surface area contributed by atoms with Crippen LogP contribution in [0.15, 0.2) is 0 Å². The number of hydrogen-bond acceptors (Lipinski definition) is 3. The molecule has 1 N–H and O–H groups in total. The summed E-state index contributed by atoms with van der Waals surface area (Å²) < 4.78 is 25.0. The van der Waals surface area contributed by atoms with Crippen LogP contribution < -0.4 is 5.32 Å². The predicted molar refractivity (Wildman–Crippen MR) is 69.7 cm³/mol. The summed E-state index contributed by atoms with van der Waals surface area (Å²) in [5, 5.41) is 2.58. The van der Waals surface area contributed by atoms with Gasteiger partial charge in [0, 0.05) is 19.0 Å². The second-order valence-corrected chi connectivity index (χ2v) is 6.06. The predicted octanol–water partition coefficient (Wildman–Crippen LogP) is 0.793. The summed E-state index contributed by atoms with van der Waals surface area (Å²) in [6.45, 7) is 4.22. The molecule has 0 aliphatic rings. The standard InChI is InChI=1S/C10H21ClN2O3S/c1-3-12-10(14)9-13(4-2)17(15,16)8-6-5-7-11/h3-9H2,1-2H3,(H,12,14). The van der Waals surface area contributed by atoms with Crippen molar-refractivity contribution in [2.75, 3.05) is 31.3 Å². The van der Waals surface area contributed by atoms with Gasteiger partial charge in [-0.1, -0.05) is 6.92 Å². The molecule has 0 aliphatic heterocycles. The Balaban J connectivity index is 4.36. The van der Waals surface area contributed by atoms with Crippen LogP contribution in [0.1, 0.15) is 26.7 Å². The van der Waals surface area contributed by atoms with Crippen LogP contribution in [0.4, 0.5) is 0 Å². The molecule has 0 unspecified atom stereocenters. The molecule has 7 heteroatoms. The zero-order chi connectivity index (χ0) is 13.3. The molecule has 0 saturated heterocycles. The normalized spacial score (nSPS) is 11.8. The molecular weight excluding hydrogens is 264 g/mol. The average molecular weight is 285 g/mol.